The van der Waals surface area contributed by atoms with E-state index in [9.17, 15) is 5.11 Å². The highest BCUT2D eigenvalue weighted by atomic mass is 35.5. The lowest BCUT2D eigenvalue weighted by atomic mass is 10.1. The highest BCUT2D eigenvalue weighted by molar-refractivity contribution is 6.34. The van der Waals surface area contributed by atoms with Crippen LogP contribution in [-0.2, 0) is 5.72 Å². The van der Waals surface area contributed by atoms with Gasteiger partial charge in [-0.3, -0.25) is 0 Å². The molecule has 4 heteroatoms. The minimum Gasteiger partial charge on any atom is -0.372 e. The van der Waals surface area contributed by atoms with Gasteiger partial charge in [0.15, 0.2) is 0 Å². The van der Waals surface area contributed by atoms with Crippen molar-refractivity contribution in [3.8, 4) is 0 Å². The fraction of sp³-hybridized carbons (Fsp3) is 0.250. The van der Waals surface area contributed by atoms with Crippen molar-refractivity contribution in [2.45, 2.75) is 12.6 Å². The van der Waals surface area contributed by atoms with Crippen LogP contribution in [0.25, 0.3) is 0 Å². The molecule has 2 nitrogen and oxygen atoms in total. The molecular formula is C8H9Cl2NO. The number of nitrogens with two attached hydrogens (primary N) is 1. The van der Waals surface area contributed by atoms with Gasteiger partial charge in [0, 0.05) is 15.6 Å². The van der Waals surface area contributed by atoms with E-state index in [2.05, 4.69) is 0 Å². The molecule has 0 amide bonds. The number of hydrogen-bond acceptors (Lipinski definition) is 2. The molecule has 1 atom stereocenters. The normalized spacial score (nSPS) is 15.8. The van der Waals surface area contributed by atoms with Gasteiger partial charge in [-0.25, -0.2) is 0 Å². The van der Waals surface area contributed by atoms with Gasteiger partial charge < -0.3 is 10.8 Å². The molecule has 0 saturated heterocycles. The lowest BCUT2D eigenvalue weighted by molar-refractivity contribution is 0.0647. The summed E-state index contributed by atoms with van der Waals surface area (Å²) in [6, 6.07) is 4.74. The minimum atomic E-state index is -1.39. The largest absolute Gasteiger partial charge is 0.372 e. The van der Waals surface area contributed by atoms with E-state index < -0.39 is 5.72 Å². The summed E-state index contributed by atoms with van der Waals surface area (Å²) < 4.78 is 0. The summed E-state index contributed by atoms with van der Waals surface area (Å²) in [6.45, 7) is 1.47. The van der Waals surface area contributed by atoms with E-state index in [-0.39, 0.29) is 0 Å². The molecule has 0 aromatic heterocycles. The monoisotopic (exact) mass is 205 g/mol. The molecule has 66 valence electrons. The smallest absolute Gasteiger partial charge is 0.136 e. The molecule has 0 spiro atoms. The van der Waals surface area contributed by atoms with Crippen molar-refractivity contribution >= 4 is 23.2 Å². The fourth-order valence-corrected chi connectivity index (χ4v) is 1.37. The minimum absolute atomic E-state index is 0.461. The van der Waals surface area contributed by atoms with E-state index >= 15 is 0 Å². The Morgan fingerprint density at radius 3 is 2.00 bits per heavy atom. The molecule has 0 aliphatic carbocycles. The van der Waals surface area contributed by atoms with Crippen LogP contribution in [0.1, 0.15) is 12.5 Å². The predicted molar refractivity (Wildman–Crippen MR) is 50.2 cm³/mol. The molecule has 1 unspecified atom stereocenters. The van der Waals surface area contributed by atoms with E-state index in [0.29, 0.717) is 15.6 Å². The zero-order valence-corrected chi connectivity index (χ0v) is 8.02. The molecule has 1 aromatic rings. The SMILES string of the molecule is CC(N)(O)c1cc(Cl)cc(Cl)c1. The number of rotatable bonds is 1. The van der Waals surface area contributed by atoms with Crippen LogP contribution in [0.2, 0.25) is 10.0 Å². The third kappa shape index (κ3) is 2.35. The average Bonchev–Trinajstić information content (AvgIpc) is 1.82. The van der Waals surface area contributed by atoms with Gasteiger partial charge in [-0.2, -0.15) is 0 Å². The van der Waals surface area contributed by atoms with Gasteiger partial charge in [-0.05, 0) is 25.1 Å². The zero-order valence-electron chi connectivity index (χ0n) is 6.51. The lowest BCUT2D eigenvalue weighted by Gasteiger charge is -2.17. The van der Waals surface area contributed by atoms with Crippen LogP contribution in [-0.4, -0.2) is 5.11 Å². The van der Waals surface area contributed by atoms with Crippen LogP contribution < -0.4 is 5.73 Å². The number of hydrogen-bond donors (Lipinski definition) is 2. The van der Waals surface area contributed by atoms with Gasteiger partial charge in [0.05, 0.1) is 0 Å². The molecule has 1 aromatic carbocycles. The van der Waals surface area contributed by atoms with E-state index in [4.69, 9.17) is 28.9 Å². The van der Waals surface area contributed by atoms with Crippen LogP contribution in [0.3, 0.4) is 0 Å². The van der Waals surface area contributed by atoms with Crippen molar-refractivity contribution in [3.63, 3.8) is 0 Å². The predicted octanol–water partition coefficient (Wildman–Crippen LogP) is 2.12. The van der Waals surface area contributed by atoms with Gasteiger partial charge in [0.1, 0.15) is 5.72 Å². The van der Waals surface area contributed by atoms with E-state index in [1.807, 2.05) is 0 Å². The van der Waals surface area contributed by atoms with E-state index in [1.54, 1.807) is 18.2 Å². The molecule has 0 fully saturated rings. The molecule has 1 rings (SSSR count). The van der Waals surface area contributed by atoms with Crippen LogP contribution in [0.4, 0.5) is 0 Å². The van der Waals surface area contributed by atoms with Crippen LogP contribution in [0.5, 0.6) is 0 Å². The molecule has 0 bridgehead atoms. The first-order valence-electron chi connectivity index (χ1n) is 3.37. The van der Waals surface area contributed by atoms with E-state index in [0.717, 1.165) is 0 Å². The maximum Gasteiger partial charge on any atom is 0.136 e. The van der Waals surface area contributed by atoms with Crippen molar-refractivity contribution < 1.29 is 5.11 Å². The Bertz CT molecular complexity index is 273. The highest BCUT2D eigenvalue weighted by Gasteiger charge is 2.17. The molecule has 0 heterocycles. The van der Waals surface area contributed by atoms with Crippen LogP contribution in [0, 0.1) is 0 Å². The first-order chi connectivity index (χ1) is 5.39. The average molecular weight is 206 g/mol. The topological polar surface area (TPSA) is 46.2 Å². The van der Waals surface area contributed by atoms with Gasteiger partial charge in [0.2, 0.25) is 0 Å². The summed E-state index contributed by atoms with van der Waals surface area (Å²) in [7, 11) is 0. The third-order valence-corrected chi connectivity index (χ3v) is 1.88. The zero-order chi connectivity index (χ0) is 9.35. The Balaban J connectivity index is 3.18. The van der Waals surface area contributed by atoms with Crippen LogP contribution >= 0.6 is 23.2 Å². The van der Waals surface area contributed by atoms with Crippen molar-refractivity contribution in [3.05, 3.63) is 33.8 Å². The summed E-state index contributed by atoms with van der Waals surface area (Å²) in [4.78, 5) is 0. The van der Waals surface area contributed by atoms with Gasteiger partial charge in [-0.15, -0.1) is 0 Å². The summed E-state index contributed by atoms with van der Waals surface area (Å²) in [6.07, 6.45) is 0. The molecule has 0 radical (unpaired) electrons. The molecule has 0 saturated carbocycles. The second kappa shape index (κ2) is 3.23. The van der Waals surface area contributed by atoms with Crippen molar-refractivity contribution in [1.82, 2.24) is 0 Å². The van der Waals surface area contributed by atoms with Crippen molar-refractivity contribution in [2.75, 3.05) is 0 Å². The Labute approximate surface area is 80.9 Å². The third-order valence-electron chi connectivity index (χ3n) is 1.45. The quantitative estimate of drug-likeness (QED) is 0.691. The van der Waals surface area contributed by atoms with Gasteiger partial charge >= 0.3 is 0 Å². The standard InChI is InChI=1S/C8H9Cl2NO/c1-8(11,12)5-2-6(9)4-7(10)3-5/h2-4,12H,11H2,1H3. The maximum atomic E-state index is 9.40. The first-order valence-corrected chi connectivity index (χ1v) is 4.13. The molecule has 12 heavy (non-hydrogen) atoms. The number of aliphatic hydroxyl groups is 1. The number of benzene rings is 1. The van der Waals surface area contributed by atoms with Crippen molar-refractivity contribution in [2.24, 2.45) is 5.73 Å². The fourth-order valence-electron chi connectivity index (χ4n) is 0.846. The Hall–Kier alpha value is -0.280. The Morgan fingerprint density at radius 2 is 1.67 bits per heavy atom. The first kappa shape index (κ1) is 9.81. The highest BCUT2D eigenvalue weighted by Crippen LogP contribution is 2.23. The molecule has 0 aliphatic heterocycles. The molecule has 3 N–H and O–H groups in total. The summed E-state index contributed by atoms with van der Waals surface area (Å²) >= 11 is 11.4. The Kier molecular flexibility index (Phi) is 2.64. The summed E-state index contributed by atoms with van der Waals surface area (Å²) in [5.74, 6) is 0. The van der Waals surface area contributed by atoms with Crippen LogP contribution in [0.15, 0.2) is 18.2 Å². The van der Waals surface area contributed by atoms with Gasteiger partial charge in [-0.1, -0.05) is 23.2 Å². The lowest BCUT2D eigenvalue weighted by Crippen LogP contribution is -2.32. The van der Waals surface area contributed by atoms with E-state index in [1.165, 1.54) is 6.92 Å². The van der Waals surface area contributed by atoms with Crippen molar-refractivity contribution in [1.29, 1.82) is 0 Å². The second-order valence-corrected chi connectivity index (χ2v) is 3.68. The second-order valence-electron chi connectivity index (χ2n) is 2.81. The number of halogens is 2. The summed E-state index contributed by atoms with van der Waals surface area (Å²) in [5, 5.41) is 10.3. The van der Waals surface area contributed by atoms with Gasteiger partial charge in [0.25, 0.3) is 0 Å². The Morgan fingerprint density at radius 1 is 1.25 bits per heavy atom. The maximum absolute atomic E-state index is 9.40. The molecule has 0 aliphatic rings. The molecular weight excluding hydrogens is 197 g/mol. The summed E-state index contributed by atoms with van der Waals surface area (Å²) in [5.41, 5.74) is 4.54.